The third kappa shape index (κ3) is 5.08. The Balaban J connectivity index is 1.56. The lowest BCUT2D eigenvalue weighted by Gasteiger charge is -2.27. The van der Waals surface area contributed by atoms with E-state index in [1.807, 2.05) is 74.2 Å². The van der Waals surface area contributed by atoms with E-state index in [0.29, 0.717) is 21.1 Å². The summed E-state index contributed by atoms with van der Waals surface area (Å²) >= 11 is 9.26. The van der Waals surface area contributed by atoms with E-state index in [9.17, 15) is 9.18 Å². The summed E-state index contributed by atoms with van der Waals surface area (Å²) in [6.45, 7) is 5.67. The first-order valence-corrected chi connectivity index (χ1v) is 13.4. The van der Waals surface area contributed by atoms with Crippen molar-refractivity contribution in [1.82, 2.24) is 10.3 Å². The first-order chi connectivity index (χ1) is 18.2. The monoisotopic (exact) mass is 592 g/mol. The number of hydrogen-bond acceptors (Lipinski definition) is 4. The van der Waals surface area contributed by atoms with E-state index < -0.39 is 0 Å². The third-order valence-corrected chi connectivity index (χ3v) is 7.45. The molecule has 5 rings (SSSR count). The molecule has 0 radical (unpaired) electrons. The van der Waals surface area contributed by atoms with E-state index in [2.05, 4.69) is 31.5 Å². The maximum atomic E-state index is 13.7. The minimum absolute atomic E-state index is 0.0395. The number of pyridine rings is 1. The van der Waals surface area contributed by atoms with Crippen LogP contribution in [-0.4, -0.2) is 16.0 Å². The molecule has 1 aliphatic rings. The van der Waals surface area contributed by atoms with Crippen LogP contribution in [0.2, 0.25) is 0 Å². The quantitative estimate of drug-likeness (QED) is 0.228. The Morgan fingerprint density at radius 3 is 2.66 bits per heavy atom. The van der Waals surface area contributed by atoms with Gasteiger partial charge >= 0.3 is 0 Å². The topological polar surface area (TPSA) is 70.4 Å². The van der Waals surface area contributed by atoms with Gasteiger partial charge in [-0.15, -0.1) is 0 Å². The van der Waals surface area contributed by atoms with Gasteiger partial charge in [0.2, 0.25) is 5.91 Å². The van der Waals surface area contributed by atoms with Crippen molar-refractivity contribution in [3.05, 3.63) is 100 Å². The molecule has 194 valence electrons. The Labute approximate surface area is 234 Å². The normalized spacial score (nSPS) is 17.1. The minimum Gasteiger partial charge on any atom is -0.459 e. The van der Waals surface area contributed by atoms with Gasteiger partial charge in [0.25, 0.3) is 0 Å². The molecule has 2 atom stereocenters. The van der Waals surface area contributed by atoms with Gasteiger partial charge in [-0.3, -0.25) is 9.78 Å². The molecule has 2 N–H and O–H groups in total. The number of aromatic nitrogens is 1. The fourth-order valence-corrected chi connectivity index (χ4v) is 5.37. The van der Waals surface area contributed by atoms with E-state index in [1.54, 1.807) is 12.3 Å². The zero-order valence-electron chi connectivity index (χ0n) is 21.0. The second kappa shape index (κ2) is 10.7. The summed E-state index contributed by atoms with van der Waals surface area (Å²) in [5, 5.41) is 6.94. The van der Waals surface area contributed by atoms with Crippen LogP contribution in [0.25, 0.3) is 11.3 Å². The number of carbonyl (C=O) groups is 1. The number of nitrogens with zero attached hydrogens (tertiary/aromatic N) is 2. The van der Waals surface area contributed by atoms with Gasteiger partial charge in [-0.05, 0) is 101 Å². The number of hydrogen-bond donors (Lipinski definition) is 2. The smallest absolute Gasteiger partial charge is 0.226 e. The summed E-state index contributed by atoms with van der Waals surface area (Å²) in [5.74, 6) is 0.786. The molecular formula is C29H26BrFN4O2S. The molecule has 0 unspecified atom stereocenters. The summed E-state index contributed by atoms with van der Waals surface area (Å²) in [4.78, 5) is 18.9. The van der Waals surface area contributed by atoms with Crippen LogP contribution in [0.15, 0.2) is 81.8 Å². The van der Waals surface area contributed by atoms with E-state index in [0.717, 1.165) is 28.2 Å². The highest BCUT2D eigenvalue weighted by Crippen LogP contribution is 2.44. The number of nitrogens with one attached hydrogen (secondary N) is 2. The largest absolute Gasteiger partial charge is 0.459 e. The van der Waals surface area contributed by atoms with Crippen LogP contribution in [0.5, 0.6) is 0 Å². The molecule has 0 spiro atoms. The van der Waals surface area contributed by atoms with Gasteiger partial charge in [0.05, 0.1) is 11.7 Å². The van der Waals surface area contributed by atoms with Crippen LogP contribution in [0.4, 0.5) is 15.8 Å². The highest BCUT2D eigenvalue weighted by molar-refractivity contribution is 9.10. The maximum Gasteiger partial charge on any atom is 0.226 e. The highest BCUT2D eigenvalue weighted by atomic mass is 79.9. The van der Waals surface area contributed by atoms with Crippen molar-refractivity contribution in [2.45, 2.75) is 32.9 Å². The average molecular weight is 594 g/mol. The lowest BCUT2D eigenvalue weighted by Crippen LogP contribution is -2.29. The highest BCUT2D eigenvalue weighted by Gasteiger charge is 2.42. The van der Waals surface area contributed by atoms with Crippen molar-refractivity contribution in [3.8, 4) is 11.3 Å². The van der Waals surface area contributed by atoms with E-state index in [1.165, 1.54) is 12.1 Å². The van der Waals surface area contributed by atoms with E-state index in [-0.39, 0.29) is 29.7 Å². The molecular weight excluding hydrogens is 567 g/mol. The second-order valence-electron chi connectivity index (χ2n) is 9.47. The standard InChI is InChI=1S/C29H26BrFN4O2S/c1-16(2)28(36)33-22-10-8-19(14-17(22)3)35-27(26(34-29(35)38)23-6-4-5-13-32-23)25-12-11-24(37-25)20-9-7-18(31)15-21(20)30/h4-16,26-27H,1-3H3,(H,33,36)(H,34,38)/t26-,27+/m0/s1. The van der Waals surface area contributed by atoms with Crippen molar-refractivity contribution in [2.75, 3.05) is 10.2 Å². The van der Waals surface area contributed by atoms with E-state index in [4.69, 9.17) is 16.6 Å². The second-order valence-corrected chi connectivity index (χ2v) is 10.7. The predicted octanol–water partition coefficient (Wildman–Crippen LogP) is 7.32. The van der Waals surface area contributed by atoms with Crippen molar-refractivity contribution in [1.29, 1.82) is 0 Å². The average Bonchev–Trinajstić information content (AvgIpc) is 3.50. The molecule has 0 bridgehead atoms. The van der Waals surface area contributed by atoms with Crippen LogP contribution in [-0.2, 0) is 4.79 Å². The summed E-state index contributed by atoms with van der Waals surface area (Å²) in [6.07, 6.45) is 1.75. The molecule has 0 aliphatic carbocycles. The van der Waals surface area contributed by atoms with Crippen molar-refractivity contribution in [2.24, 2.45) is 5.92 Å². The molecule has 3 heterocycles. The lowest BCUT2D eigenvalue weighted by molar-refractivity contribution is -0.118. The first-order valence-electron chi connectivity index (χ1n) is 12.2. The number of thiocarbonyl (C=S) groups is 1. The maximum absolute atomic E-state index is 13.7. The van der Waals surface area contributed by atoms with Gasteiger partial charge < -0.3 is 20.0 Å². The Hall–Kier alpha value is -3.56. The van der Waals surface area contributed by atoms with Crippen LogP contribution in [0.3, 0.4) is 0 Å². The number of amides is 1. The summed E-state index contributed by atoms with van der Waals surface area (Å²) in [5.41, 5.74) is 4.08. The molecule has 1 fully saturated rings. The van der Waals surface area contributed by atoms with Crippen LogP contribution >= 0.6 is 28.1 Å². The summed E-state index contributed by atoms with van der Waals surface area (Å²) in [7, 11) is 0. The zero-order valence-corrected chi connectivity index (χ0v) is 23.4. The van der Waals surface area contributed by atoms with Crippen molar-refractivity contribution < 1.29 is 13.6 Å². The zero-order chi connectivity index (χ0) is 27.0. The van der Waals surface area contributed by atoms with Crippen LogP contribution < -0.4 is 15.5 Å². The van der Waals surface area contributed by atoms with Crippen molar-refractivity contribution in [3.63, 3.8) is 0 Å². The van der Waals surface area contributed by atoms with Gasteiger partial charge in [-0.25, -0.2) is 4.39 Å². The molecule has 2 aromatic carbocycles. The predicted molar refractivity (Wildman–Crippen MR) is 154 cm³/mol. The molecule has 6 nitrogen and oxygen atoms in total. The molecule has 1 aliphatic heterocycles. The number of benzene rings is 2. The number of furan rings is 1. The number of anilines is 2. The number of rotatable bonds is 6. The van der Waals surface area contributed by atoms with Crippen LogP contribution in [0, 0.1) is 18.7 Å². The summed E-state index contributed by atoms with van der Waals surface area (Å²) in [6, 6.07) is 19.2. The van der Waals surface area contributed by atoms with Gasteiger partial charge in [0, 0.05) is 33.5 Å². The Kier molecular flexibility index (Phi) is 7.32. The Morgan fingerprint density at radius 1 is 1.16 bits per heavy atom. The molecule has 0 saturated carbocycles. The first kappa shape index (κ1) is 26.1. The van der Waals surface area contributed by atoms with Crippen LogP contribution in [0.1, 0.15) is 42.9 Å². The molecule has 1 amide bonds. The fourth-order valence-electron chi connectivity index (χ4n) is 4.48. The summed E-state index contributed by atoms with van der Waals surface area (Å²) < 4.78 is 20.7. The Morgan fingerprint density at radius 2 is 1.97 bits per heavy atom. The van der Waals surface area contributed by atoms with Gasteiger partial charge in [-0.1, -0.05) is 19.9 Å². The number of carbonyl (C=O) groups excluding carboxylic acids is 1. The Bertz CT molecular complexity index is 1510. The third-order valence-electron chi connectivity index (χ3n) is 6.48. The number of halogens is 2. The molecule has 4 aromatic rings. The van der Waals surface area contributed by atoms with Gasteiger partial charge in [0.15, 0.2) is 5.11 Å². The van der Waals surface area contributed by atoms with E-state index >= 15 is 0 Å². The number of aryl methyl sites for hydroxylation is 1. The van der Waals surface area contributed by atoms with Gasteiger partial charge in [-0.2, -0.15) is 0 Å². The van der Waals surface area contributed by atoms with Crippen molar-refractivity contribution >= 4 is 50.5 Å². The molecule has 2 aromatic heterocycles. The SMILES string of the molecule is Cc1cc(N2C(=S)N[C@@H](c3ccccn3)[C@H]2c2ccc(-c3ccc(F)cc3Br)o2)ccc1NC(=O)C(C)C. The molecule has 9 heteroatoms. The molecule has 1 saturated heterocycles. The minimum atomic E-state index is -0.346. The van der Waals surface area contributed by atoms with Gasteiger partial charge in [0.1, 0.15) is 23.4 Å². The fraction of sp³-hybridized carbons (Fsp3) is 0.207. The molecule has 38 heavy (non-hydrogen) atoms. The lowest BCUT2D eigenvalue weighted by atomic mass is 10.0.